The van der Waals surface area contributed by atoms with Gasteiger partial charge in [0.25, 0.3) is 0 Å². The molecule has 0 bridgehead atoms. The fourth-order valence-electron chi connectivity index (χ4n) is 2.08. The molecular formula is C16H24N4. The predicted octanol–water partition coefficient (Wildman–Crippen LogP) is 2.88. The molecular weight excluding hydrogens is 248 g/mol. The molecule has 0 spiro atoms. The molecule has 2 aromatic heterocycles. The third-order valence-electron chi connectivity index (χ3n) is 3.12. The largest absolute Gasteiger partial charge is 0.312 e. The molecule has 0 unspecified atom stereocenters. The van der Waals surface area contributed by atoms with Crippen molar-refractivity contribution in [1.29, 1.82) is 0 Å². The van der Waals surface area contributed by atoms with Crippen molar-refractivity contribution in [3.05, 3.63) is 41.3 Å². The molecule has 0 aliphatic rings. The van der Waals surface area contributed by atoms with E-state index in [1.807, 2.05) is 24.0 Å². The maximum absolute atomic E-state index is 4.65. The molecule has 0 amide bonds. The molecule has 0 aliphatic heterocycles. The van der Waals surface area contributed by atoms with Crippen molar-refractivity contribution in [1.82, 2.24) is 20.1 Å². The van der Waals surface area contributed by atoms with Gasteiger partial charge < -0.3 is 5.32 Å². The van der Waals surface area contributed by atoms with Gasteiger partial charge in [-0.1, -0.05) is 20.8 Å². The van der Waals surface area contributed by atoms with Gasteiger partial charge in [-0.3, -0.25) is 0 Å². The van der Waals surface area contributed by atoms with Gasteiger partial charge in [0, 0.05) is 18.4 Å². The van der Waals surface area contributed by atoms with Crippen LogP contribution in [0.1, 0.15) is 37.6 Å². The quantitative estimate of drug-likeness (QED) is 0.879. The summed E-state index contributed by atoms with van der Waals surface area (Å²) in [5.41, 5.74) is 3.52. The molecule has 4 heteroatoms. The highest BCUT2D eigenvalue weighted by molar-refractivity contribution is 5.31. The second-order valence-corrected chi connectivity index (χ2v) is 5.67. The summed E-state index contributed by atoms with van der Waals surface area (Å²) in [6.07, 6.45) is 4.80. The minimum absolute atomic E-state index is 0.663. The van der Waals surface area contributed by atoms with Gasteiger partial charge >= 0.3 is 0 Å². The zero-order valence-corrected chi connectivity index (χ0v) is 12.8. The Kier molecular flexibility index (Phi) is 4.90. The van der Waals surface area contributed by atoms with Crippen molar-refractivity contribution >= 4 is 0 Å². The molecule has 1 N–H and O–H groups in total. The molecule has 0 aliphatic carbocycles. The van der Waals surface area contributed by atoms with Gasteiger partial charge in [0.15, 0.2) is 5.82 Å². The van der Waals surface area contributed by atoms with E-state index in [4.69, 9.17) is 0 Å². The Balaban J connectivity index is 2.20. The summed E-state index contributed by atoms with van der Waals surface area (Å²) in [6.45, 7) is 10.5. The first-order valence-electron chi connectivity index (χ1n) is 7.30. The topological polar surface area (TPSA) is 42.7 Å². The van der Waals surface area contributed by atoms with Crippen LogP contribution in [0.4, 0.5) is 0 Å². The SMILES string of the molecule is CCc1cc(CNCC(C)C)cc(-n2cc(C)cn2)n1. The van der Waals surface area contributed by atoms with E-state index < -0.39 is 0 Å². The van der Waals surface area contributed by atoms with Crippen LogP contribution in [0, 0.1) is 12.8 Å². The third-order valence-corrected chi connectivity index (χ3v) is 3.12. The highest BCUT2D eigenvalue weighted by Gasteiger charge is 2.05. The number of nitrogens with zero attached hydrogens (tertiary/aromatic N) is 3. The van der Waals surface area contributed by atoms with Gasteiger partial charge in [-0.25, -0.2) is 9.67 Å². The summed E-state index contributed by atoms with van der Waals surface area (Å²) in [4.78, 5) is 4.65. The minimum Gasteiger partial charge on any atom is -0.312 e. The fourth-order valence-corrected chi connectivity index (χ4v) is 2.08. The molecule has 2 aromatic rings. The van der Waals surface area contributed by atoms with Crippen LogP contribution in [0.15, 0.2) is 24.5 Å². The Hall–Kier alpha value is -1.68. The summed E-state index contributed by atoms with van der Waals surface area (Å²) in [6, 6.07) is 4.28. The van der Waals surface area contributed by atoms with Gasteiger partial charge in [0.1, 0.15) is 0 Å². The van der Waals surface area contributed by atoms with Crippen LogP contribution in [0.2, 0.25) is 0 Å². The Morgan fingerprint density at radius 2 is 2.10 bits per heavy atom. The van der Waals surface area contributed by atoms with Crippen molar-refractivity contribution in [2.45, 2.75) is 40.7 Å². The van der Waals surface area contributed by atoms with Crippen LogP contribution in [0.5, 0.6) is 0 Å². The van der Waals surface area contributed by atoms with Gasteiger partial charge in [0.05, 0.1) is 6.20 Å². The number of hydrogen-bond donors (Lipinski definition) is 1. The van der Waals surface area contributed by atoms with Crippen LogP contribution >= 0.6 is 0 Å². The summed E-state index contributed by atoms with van der Waals surface area (Å²) in [5.74, 6) is 1.56. The van der Waals surface area contributed by atoms with E-state index in [0.29, 0.717) is 5.92 Å². The van der Waals surface area contributed by atoms with Crippen LogP contribution in [0.3, 0.4) is 0 Å². The van der Waals surface area contributed by atoms with Crippen molar-refractivity contribution in [2.24, 2.45) is 5.92 Å². The lowest BCUT2D eigenvalue weighted by Gasteiger charge is -2.10. The molecule has 0 radical (unpaired) electrons. The molecule has 2 heterocycles. The summed E-state index contributed by atoms with van der Waals surface area (Å²) >= 11 is 0. The number of pyridine rings is 1. The molecule has 4 nitrogen and oxygen atoms in total. The first-order chi connectivity index (χ1) is 9.58. The predicted molar refractivity (Wildman–Crippen MR) is 82.0 cm³/mol. The number of aromatic nitrogens is 3. The van der Waals surface area contributed by atoms with Crippen molar-refractivity contribution in [3.8, 4) is 5.82 Å². The van der Waals surface area contributed by atoms with Gasteiger partial charge in [0.2, 0.25) is 0 Å². The third kappa shape index (κ3) is 3.90. The lowest BCUT2D eigenvalue weighted by Crippen LogP contribution is -2.19. The Morgan fingerprint density at radius 1 is 1.30 bits per heavy atom. The number of nitrogens with one attached hydrogen (secondary N) is 1. The first-order valence-corrected chi connectivity index (χ1v) is 7.30. The second kappa shape index (κ2) is 6.66. The Labute approximate surface area is 121 Å². The van der Waals surface area contributed by atoms with Gasteiger partial charge in [-0.2, -0.15) is 5.10 Å². The highest BCUT2D eigenvalue weighted by Crippen LogP contribution is 2.11. The lowest BCUT2D eigenvalue weighted by atomic mass is 10.1. The molecule has 20 heavy (non-hydrogen) atoms. The normalized spacial score (nSPS) is 11.2. The fraction of sp³-hybridized carbons (Fsp3) is 0.500. The van der Waals surface area contributed by atoms with Crippen LogP contribution in [0.25, 0.3) is 5.82 Å². The van der Waals surface area contributed by atoms with Crippen molar-refractivity contribution in [2.75, 3.05) is 6.54 Å². The van der Waals surface area contributed by atoms with Crippen LogP contribution < -0.4 is 5.32 Å². The molecule has 0 aromatic carbocycles. The molecule has 0 saturated carbocycles. The maximum Gasteiger partial charge on any atom is 0.153 e. The zero-order chi connectivity index (χ0) is 14.5. The van der Waals surface area contributed by atoms with E-state index in [1.54, 1.807) is 0 Å². The number of hydrogen-bond acceptors (Lipinski definition) is 3. The molecule has 108 valence electrons. The van der Waals surface area contributed by atoms with E-state index in [-0.39, 0.29) is 0 Å². The van der Waals surface area contributed by atoms with E-state index in [0.717, 1.165) is 36.6 Å². The molecule has 0 saturated heterocycles. The van der Waals surface area contributed by atoms with Gasteiger partial charge in [-0.15, -0.1) is 0 Å². The smallest absolute Gasteiger partial charge is 0.153 e. The number of aryl methyl sites for hydroxylation is 2. The molecule has 2 rings (SSSR count). The summed E-state index contributed by atoms with van der Waals surface area (Å²) < 4.78 is 1.85. The van der Waals surface area contributed by atoms with E-state index in [9.17, 15) is 0 Å². The first kappa shape index (κ1) is 14.7. The van der Waals surface area contributed by atoms with Crippen LogP contribution in [-0.2, 0) is 13.0 Å². The van der Waals surface area contributed by atoms with Crippen molar-refractivity contribution < 1.29 is 0 Å². The molecule has 0 atom stereocenters. The average molecular weight is 272 g/mol. The van der Waals surface area contributed by atoms with Crippen molar-refractivity contribution in [3.63, 3.8) is 0 Å². The van der Waals surface area contributed by atoms with E-state index >= 15 is 0 Å². The highest BCUT2D eigenvalue weighted by atomic mass is 15.3. The Bertz CT molecular complexity index is 557. The minimum atomic E-state index is 0.663. The zero-order valence-electron chi connectivity index (χ0n) is 12.8. The molecule has 0 fully saturated rings. The van der Waals surface area contributed by atoms with E-state index in [1.165, 1.54) is 5.56 Å². The second-order valence-electron chi connectivity index (χ2n) is 5.67. The average Bonchev–Trinajstić information content (AvgIpc) is 2.84. The summed E-state index contributed by atoms with van der Waals surface area (Å²) in [5, 5.41) is 7.82. The standard InChI is InChI=1S/C16H24N4/c1-5-15-6-14(10-17-8-12(2)3)7-16(19-15)20-11-13(4)9-18-20/h6-7,9,11-12,17H,5,8,10H2,1-4H3. The number of rotatable bonds is 6. The van der Waals surface area contributed by atoms with Gasteiger partial charge in [-0.05, 0) is 49.1 Å². The lowest BCUT2D eigenvalue weighted by molar-refractivity contribution is 0.552. The Morgan fingerprint density at radius 3 is 2.70 bits per heavy atom. The summed E-state index contributed by atoms with van der Waals surface area (Å²) in [7, 11) is 0. The monoisotopic (exact) mass is 272 g/mol. The van der Waals surface area contributed by atoms with Crippen LogP contribution in [-0.4, -0.2) is 21.3 Å². The maximum atomic E-state index is 4.65. The van der Waals surface area contributed by atoms with E-state index in [2.05, 4.69) is 48.3 Å².